The predicted octanol–water partition coefficient (Wildman–Crippen LogP) is 2.45. The van der Waals surface area contributed by atoms with E-state index in [1.54, 1.807) is 5.69 Å². The van der Waals surface area contributed by atoms with Crippen LogP contribution in [0.4, 0.5) is 0 Å². The van der Waals surface area contributed by atoms with Gasteiger partial charge in [0.05, 0.1) is 5.69 Å². The van der Waals surface area contributed by atoms with Crippen LogP contribution in [0.25, 0.3) is 0 Å². The molecule has 0 aromatic carbocycles. The molecule has 0 bridgehead atoms. The van der Waals surface area contributed by atoms with Crippen LogP contribution in [0.15, 0.2) is 0 Å². The number of hydrogen-bond acceptors (Lipinski definition) is 3. The molecule has 1 N–H and O–H groups in total. The van der Waals surface area contributed by atoms with Gasteiger partial charge in [-0.25, -0.2) is 4.98 Å². The van der Waals surface area contributed by atoms with Crippen molar-refractivity contribution in [1.29, 1.82) is 0 Å². The normalized spacial score (nSPS) is 24.2. The number of imidazole rings is 1. The first-order chi connectivity index (χ1) is 10.4. The van der Waals surface area contributed by atoms with E-state index in [1.165, 1.54) is 69.7 Å². The maximum Gasteiger partial charge on any atom is 0.112 e. The Bertz CT molecular complexity index is 495. The van der Waals surface area contributed by atoms with Crippen LogP contribution in [0.2, 0.25) is 0 Å². The van der Waals surface area contributed by atoms with Crippen LogP contribution in [0.3, 0.4) is 0 Å². The SMILES string of the molecule is CCCN1CCC(n2c(C3CC3)nc3c2CCNC3)CC1. The second-order valence-electron chi connectivity index (χ2n) is 7.01. The van der Waals surface area contributed by atoms with Gasteiger partial charge in [-0.05, 0) is 38.6 Å². The van der Waals surface area contributed by atoms with Crippen molar-refractivity contribution in [1.82, 2.24) is 19.8 Å². The van der Waals surface area contributed by atoms with Gasteiger partial charge in [-0.15, -0.1) is 0 Å². The summed E-state index contributed by atoms with van der Waals surface area (Å²) in [6, 6.07) is 0.711. The fourth-order valence-electron chi connectivity index (χ4n) is 4.11. The molecule has 1 saturated carbocycles. The molecule has 1 aromatic heterocycles. The third-order valence-electron chi connectivity index (χ3n) is 5.36. The number of fused-ring (bicyclic) bond motifs is 1. The first-order valence-corrected chi connectivity index (χ1v) is 8.89. The van der Waals surface area contributed by atoms with E-state index in [-0.39, 0.29) is 0 Å². The van der Waals surface area contributed by atoms with E-state index in [2.05, 4.69) is 21.7 Å². The molecule has 4 rings (SSSR count). The minimum Gasteiger partial charge on any atom is -0.328 e. The van der Waals surface area contributed by atoms with E-state index in [0.717, 1.165) is 19.0 Å². The lowest BCUT2D eigenvalue weighted by molar-refractivity contribution is 0.183. The zero-order valence-electron chi connectivity index (χ0n) is 13.3. The van der Waals surface area contributed by atoms with Gasteiger partial charge >= 0.3 is 0 Å². The number of rotatable bonds is 4. The molecule has 3 heterocycles. The third-order valence-corrected chi connectivity index (χ3v) is 5.36. The van der Waals surface area contributed by atoms with Gasteiger partial charge in [0, 0.05) is 50.3 Å². The van der Waals surface area contributed by atoms with E-state index in [1.807, 2.05) is 0 Å². The first-order valence-electron chi connectivity index (χ1n) is 8.89. The topological polar surface area (TPSA) is 33.1 Å². The maximum atomic E-state index is 5.03. The summed E-state index contributed by atoms with van der Waals surface area (Å²) in [5.74, 6) is 2.20. The molecule has 21 heavy (non-hydrogen) atoms. The fraction of sp³-hybridized carbons (Fsp3) is 0.824. The molecule has 1 aliphatic carbocycles. The van der Waals surface area contributed by atoms with Crippen molar-refractivity contribution in [3.63, 3.8) is 0 Å². The number of piperidine rings is 1. The Morgan fingerprint density at radius 2 is 2.00 bits per heavy atom. The first kappa shape index (κ1) is 13.8. The van der Waals surface area contributed by atoms with Crippen LogP contribution in [0.1, 0.15) is 68.2 Å². The van der Waals surface area contributed by atoms with Crippen LogP contribution in [-0.4, -0.2) is 40.6 Å². The van der Waals surface area contributed by atoms with E-state index in [4.69, 9.17) is 4.98 Å². The summed E-state index contributed by atoms with van der Waals surface area (Å²) in [5.41, 5.74) is 2.91. The Kier molecular flexibility index (Phi) is 3.76. The van der Waals surface area contributed by atoms with E-state index < -0.39 is 0 Å². The number of aromatic nitrogens is 2. The third kappa shape index (κ3) is 2.64. The zero-order chi connectivity index (χ0) is 14.2. The molecule has 0 radical (unpaired) electrons. The second kappa shape index (κ2) is 5.73. The Morgan fingerprint density at radius 3 is 2.71 bits per heavy atom. The van der Waals surface area contributed by atoms with Crippen LogP contribution < -0.4 is 5.32 Å². The monoisotopic (exact) mass is 288 g/mol. The molecule has 4 nitrogen and oxygen atoms in total. The highest BCUT2D eigenvalue weighted by molar-refractivity contribution is 5.25. The molecular weight excluding hydrogens is 260 g/mol. The second-order valence-corrected chi connectivity index (χ2v) is 7.01. The highest BCUT2D eigenvalue weighted by atomic mass is 15.2. The van der Waals surface area contributed by atoms with E-state index in [9.17, 15) is 0 Å². The van der Waals surface area contributed by atoms with E-state index >= 15 is 0 Å². The summed E-state index contributed by atoms with van der Waals surface area (Å²) >= 11 is 0. The van der Waals surface area contributed by atoms with E-state index in [0.29, 0.717) is 6.04 Å². The molecule has 2 fully saturated rings. The maximum absolute atomic E-state index is 5.03. The molecule has 3 aliphatic rings. The molecule has 0 atom stereocenters. The molecule has 1 saturated heterocycles. The summed E-state index contributed by atoms with van der Waals surface area (Å²) < 4.78 is 2.69. The van der Waals surface area contributed by atoms with Crippen molar-refractivity contribution in [3.8, 4) is 0 Å². The summed E-state index contributed by atoms with van der Waals surface area (Å²) in [5, 5.41) is 3.48. The summed E-state index contributed by atoms with van der Waals surface area (Å²) in [6.07, 6.45) is 7.80. The lowest BCUT2D eigenvalue weighted by Crippen LogP contribution is -2.36. The van der Waals surface area contributed by atoms with Gasteiger partial charge < -0.3 is 14.8 Å². The van der Waals surface area contributed by atoms with Gasteiger partial charge in [-0.2, -0.15) is 0 Å². The number of likely N-dealkylation sites (tertiary alicyclic amines) is 1. The summed E-state index contributed by atoms with van der Waals surface area (Å²) in [7, 11) is 0. The van der Waals surface area contributed by atoms with Crippen molar-refractivity contribution in [2.75, 3.05) is 26.2 Å². The van der Waals surface area contributed by atoms with Gasteiger partial charge in [0.25, 0.3) is 0 Å². The van der Waals surface area contributed by atoms with Crippen LogP contribution >= 0.6 is 0 Å². The highest BCUT2D eigenvalue weighted by Crippen LogP contribution is 2.42. The number of hydrogen-bond donors (Lipinski definition) is 1. The Balaban J connectivity index is 1.58. The van der Waals surface area contributed by atoms with Crippen molar-refractivity contribution < 1.29 is 0 Å². The van der Waals surface area contributed by atoms with Gasteiger partial charge in [-0.1, -0.05) is 6.92 Å². The predicted molar refractivity (Wildman–Crippen MR) is 84.6 cm³/mol. The molecular formula is C17H28N4. The van der Waals surface area contributed by atoms with Gasteiger partial charge in [0.15, 0.2) is 0 Å². The van der Waals surface area contributed by atoms with Crippen LogP contribution in [0, 0.1) is 0 Å². The van der Waals surface area contributed by atoms with Crippen molar-refractivity contribution in [2.24, 2.45) is 0 Å². The molecule has 2 aliphatic heterocycles. The highest BCUT2D eigenvalue weighted by Gasteiger charge is 2.34. The lowest BCUT2D eigenvalue weighted by Gasteiger charge is -2.34. The quantitative estimate of drug-likeness (QED) is 0.924. The number of nitrogens with zero attached hydrogens (tertiary/aromatic N) is 3. The minimum absolute atomic E-state index is 0.711. The molecule has 4 heteroatoms. The lowest BCUT2D eigenvalue weighted by atomic mass is 10.0. The van der Waals surface area contributed by atoms with Crippen molar-refractivity contribution in [3.05, 3.63) is 17.2 Å². The summed E-state index contributed by atoms with van der Waals surface area (Å²) in [6.45, 7) is 8.21. The Labute approximate surface area is 127 Å². The van der Waals surface area contributed by atoms with Gasteiger partial charge in [0.2, 0.25) is 0 Å². The standard InChI is InChI=1S/C17H28N4/c1-2-9-20-10-6-14(7-11-20)21-16-5-8-18-12-15(16)19-17(21)13-3-4-13/h13-14,18H,2-12H2,1H3. The molecule has 1 aromatic rings. The summed E-state index contributed by atoms with van der Waals surface area (Å²) in [4.78, 5) is 7.67. The molecule has 0 spiro atoms. The Hall–Kier alpha value is -0.870. The Morgan fingerprint density at radius 1 is 1.19 bits per heavy atom. The number of nitrogens with one attached hydrogen (secondary N) is 1. The van der Waals surface area contributed by atoms with Gasteiger partial charge in [0.1, 0.15) is 5.82 Å². The minimum atomic E-state index is 0.711. The van der Waals surface area contributed by atoms with Crippen molar-refractivity contribution >= 4 is 0 Å². The molecule has 0 amide bonds. The van der Waals surface area contributed by atoms with Gasteiger partial charge in [-0.3, -0.25) is 0 Å². The average Bonchev–Trinajstić information content (AvgIpc) is 3.29. The average molecular weight is 288 g/mol. The van der Waals surface area contributed by atoms with Crippen molar-refractivity contribution in [2.45, 2.75) is 64.0 Å². The zero-order valence-corrected chi connectivity index (χ0v) is 13.3. The molecule has 116 valence electrons. The molecule has 0 unspecified atom stereocenters. The van der Waals surface area contributed by atoms with Crippen LogP contribution in [0.5, 0.6) is 0 Å². The van der Waals surface area contributed by atoms with Crippen LogP contribution in [-0.2, 0) is 13.0 Å². The largest absolute Gasteiger partial charge is 0.328 e. The fourth-order valence-corrected chi connectivity index (χ4v) is 4.11. The smallest absolute Gasteiger partial charge is 0.112 e.